The number of primary amides is 1. The Balaban J connectivity index is 1.54. The van der Waals surface area contributed by atoms with E-state index in [1.165, 1.54) is 12.1 Å². The van der Waals surface area contributed by atoms with Gasteiger partial charge in [0.1, 0.15) is 17.3 Å². The predicted molar refractivity (Wildman–Crippen MR) is 112 cm³/mol. The number of nitrogens with zero attached hydrogens (tertiary/aromatic N) is 1. The fourth-order valence-electron chi connectivity index (χ4n) is 3.69. The Bertz CT molecular complexity index is 1130. The van der Waals surface area contributed by atoms with Gasteiger partial charge in [0.05, 0.1) is 0 Å². The highest BCUT2D eigenvalue weighted by Crippen LogP contribution is 2.34. The van der Waals surface area contributed by atoms with Crippen LogP contribution in [0.25, 0.3) is 0 Å². The summed E-state index contributed by atoms with van der Waals surface area (Å²) < 4.78 is 19.2. The van der Waals surface area contributed by atoms with Crippen molar-refractivity contribution < 1.29 is 18.7 Å². The Kier molecular flexibility index (Phi) is 5.23. The Morgan fingerprint density at radius 1 is 1.10 bits per heavy atom. The zero-order valence-corrected chi connectivity index (χ0v) is 16.5. The van der Waals surface area contributed by atoms with Gasteiger partial charge in [0.2, 0.25) is 11.8 Å². The third-order valence-electron chi connectivity index (χ3n) is 5.26. The molecule has 2 N–H and O–H groups in total. The van der Waals surface area contributed by atoms with Gasteiger partial charge in [-0.3, -0.25) is 9.59 Å². The molecule has 3 aromatic rings. The van der Waals surface area contributed by atoms with E-state index < -0.39 is 5.91 Å². The highest BCUT2D eigenvalue weighted by molar-refractivity contribution is 5.99. The van der Waals surface area contributed by atoms with E-state index in [4.69, 9.17) is 10.5 Å². The van der Waals surface area contributed by atoms with Crippen molar-refractivity contribution in [3.63, 3.8) is 0 Å². The summed E-state index contributed by atoms with van der Waals surface area (Å²) >= 11 is 0. The summed E-state index contributed by atoms with van der Waals surface area (Å²) in [4.78, 5) is 25.8. The predicted octanol–water partition coefficient (Wildman–Crippen LogP) is 4.55. The maximum absolute atomic E-state index is 13.3. The van der Waals surface area contributed by atoms with Gasteiger partial charge in [-0.2, -0.15) is 0 Å². The maximum atomic E-state index is 13.3. The lowest BCUT2D eigenvalue weighted by Crippen LogP contribution is -2.24. The number of amides is 2. The molecule has 3 aromatic carbocycles. The molecule has 1 aliphatic rings. The zero-order valence-electron chi connectivity index (χ0n) is 16.5. The molecule has 1 aliphatic heterocycles. The number of nitrogens with two attached hydrogens (primary N) is 1. The molecule has 1 atom stereocenters. The highest BCUT2D eigenvalue weighted by atomic mass is 19.1. The Hall–Kier alpha value is -3.67. The Morgan fingerprint density at radius 2 is 1.90 bits per heavy atom. The van der Waals surface area contributed by atoms with Gasteiger partial charge in [0, 0.05) is 30.1 Å². The third kappa shape index (κ3) is 4.03. The standard InChI is InChI=1S/C24H21FN2O3/c1-15-10-19(25)8-9-22(15)30-21-7-3-4-16(12-21)18-13-23(28)27(14-18)20-6-2-5-17(11-20)24(26)29/h2-12,18H,13-14H2,1H3,(H2,26,29). The second kappa shape index (κ2) is 7.99. The number of halogens is 1. The van der Waals surface area contributed by atoms with Crippen LogP contribution in [0.4, 0.5) is 10.1 Å². The number of rotatable bonds is 5. The molecule has 2 amide bonds. The molecule has 0 aliphatic carbocycles. The minimum absolute atomic E-state index is 0.00685. The summed E-state index contributed by atoms with van der Waals surface area (Å²) in [5.41, 5.74) is 8.07. The fraction of sp³-hybridized carbons (Fsp3) is 0.167. The van der Waals surface area contributed by atoms with E-state index in [0.717, 1.165) is 5.56 Å². The first-order valence-corrected chi connectivity index (χ1v) is 9.65. The van der Waals surface area contributed by atoms with Gasteiger partial charge in [-0.25, -0.2) is 4.39 Å². The van der Waals surface area contributed by atoms with Crippen LogP contribution in [0.1, 0.15) is 33.8 Å². The average molecular weight is 404 g/mol. The minimum Gasteiger partial charge on any atom is -0.457 e. The number of hydrogen-bond donors (Lipinski definition) is 1. The Labute approximate surface area is 173 Å². The van der Waals surface area contributed by atoms with Gasteiger partial charge in [-0.15, -0.1) is 0 Å². The maximum Gasteiger partial charge on any atom is 0.248 e. The van der Waals surface area contributed by atoms with Gasteiger partial charge >= 0.3 is 0 Å². The smallest absolute Gasteiger partial charge is 0.248 e. The molecule has 0 radical (unpaired) electrons. The largest absolute Gasteiger partial charge is 0.457 e. The van der Waals surface area contributed by atoms with Gasteiger partial charge < -0.3 is 15.4 Å². The molecule has 6 heteroatoms. The van der Waals surface area contributed by atoms with Crippen molar-refractivity contribution in [3.05, 3.63) is 89.2 Å². The van der Waals surface area contributed by atoms with Gasteiger partial charge in [0.15, 0.2) is 0 Å². The van der Waals surface area contributed by atoms with Crippen molar-refractivity contribution in [3.8, 4) is 11.5 Å². The minimum atomic E-state index is -0.527. The monoisotopic (exact) mass is 404 g/mol. The number of carbonyl (C=O) groups is 2. The van der Waals surface area contributed by atoms with Crippen molar-refractivity contribution in [1.29, 1.82) is 0 Å². The van der Waals surface area contributed by atoms with Crippen LogP contribution in [0.2, 0.25) is 0 Å². The van der Waals surface area contributed by atoms with E-state index in [1.54, 1.807) is 42.2 Å². The van der Waals surface area contributed by atoms with Gasteiger partial charge in [-0.1, -0.05) is 18.2 Å². The lowest BCUT2D eigenvalue weighted by molar-refractivity contribution is -0.117. The van der Waals surface area contributed by atoms with Crippen LogP contribution in [0.15, 0.2) is 66.7 Å². The normalized spacial score (nSPS) is 16.0. The lowest BCUT2D eigenvalue weighted by atomic mass is 9.98. The molecule has 152 valence electrons. The first-order chi connectivity index (χ1) is 14.4. The zero-order chi connectivity index (χ0) is 21.3. The molecule has 0 spiro atoms. The van der Waals surface area contributed by atoms with Crippen molar-refractivity contribution in [1.82, 2.24) is 0 Å². The number of ether oxygens (including phenoxy) is 1. The molecular formula is C24H21FN2O3. The summed E-state index contributed by atoms with van der Waals surface area (Å²) in [5.74, 6) is 0.360. The van der Waals surface area contributed by atoms with E-state index >= 15 is 0 Å². The first kappa shape index (κ1) is 19.6. The molecule has 0 saturated carbocycles. The highest BCUT2D eigenvalue weighted by Gasteiger charge is 2.32. The molecular weight excluding hydrogens is 383 g/mol. The van der Waals surface area contributed by atoms with Crippen LogP contribution >= 0.6 is 0 Å². The van der Waals surface area contributed by atoms with Gasteiger partial charge in [-0.05, 0) is 66.6 Å². The molecule has 30 heavy (non-hydrogen) atoms. The van der Waals surface area contributed by atoms with Crippen molar-refractivity contribution in [2.75, 3.05) is 11.4 Å². The fourth-order valence-corrected chi connectivity index (χ4v) is 3.69. The van der Waals surface area contributed by atoms with E-state index in [0.29, 0.717) is 41.3 Å². The van der Waals surface area contributed by atoms with E-state index in [9.17, 15) is 14.0 Å². The van der Waals surface area contributed by atoms with Crippen LogP contribution in [0.3, 0.4) is 0 Å². The molecule has 1 unspecified atom stereocenters. The van der Waals surface area contributed by atoms with Crippen LogP contribution in [-0.4, -0.2) is 18.4 Å². The van der Waals surface area contributed by atoms with Gasteiger partial charge in [0.25, 0.3) is 0 Å². The number of benzene rings is 3. The van der Waals surface area contributed by atoms with E-state index in [1.807, 2.05) is 24.3 Å². The molecule has 1 heterocycles. The number of aryl methyl sites for hydroxylation is 1. The summed E-state index contributed by atoms with van der Waals surface area (Å²) in [5, 5.41) is 0. The molecule has 1 fully saturated rings. The second-order valence-electron chi connectivity index (χ2n) is 7.40. The Morgan fingerprint density at radius 3 is 2.67 bits per heavy atom. The van der Waals surface area contributed by atoms with Crippen molar-refractivity contribution >= 4 is 17.5 Å². The molecule has 0 aromatic heterocycles. The van der Waals surface area contributed by atoms with Crippen LogP contribution in [-0.2, 0) is 4.79 Å². The first-order valence-electron chi connectivity index (χ1n) is 9.65. The SMILES string of the molecule is Cc1cc(F)ccc1Oc1cccc(C2CC(=O)N(c3cccc(C(N)=O)c3)C2)c1. The van der Waals surface area contributed by atoms with Crippen molar-refractivity contribution in [2.45, 2.75) is 19.3 Å². The summed E-state index contributed by atoms with van der Waals surface area (Å²) in [6, 6.07) is 18.7. The summed E-state index contributed by atoms with van der Waals surface area (Å²) in [7, 11) is 0. The van der Waals surface area contributed by atoms with Crippen LogP contribution in [0.5, 0.6) is 11.5 Å². The number of anilines is 1. The third-order valence-corrected chi connectivity index (χ3v) is 5.26. The van der Waals surface area contributed by atoms with Crippen molar-refractivity contribution in [2.24, 2.45) is 5.73 Å². The van der Waals surface area contributed by atoms with E-state index in [-0.39, 0.29) is 17.6 Å². The van der Waals surface area contributed by atoms with Crippen LogP contribution in [0, 0.1) is 12.7 Å². The average Bonchev–Trinajstić information content (AvgIpc) is 3.12. The topological polar surface area (TPSA) is 72.6 Å². The summed E-state index contributed by atoms with van der Waals surface area (Å²) in [6.45, 7) is 2.29. The number of hydrogen-bond acceptors (Lipinski definition) is 3. The van der Waals surface area contributed by atoms with E-state index in [2.05, 4.69) is 0 Å². The summed E-state index contributed by atoms with van der Waals surface area (Å²) in [6.07, 6.45) is 0.361. The molecule has 5 nitrogen and oxygen atoms in total. The molecule has 0 bridgehead atoms. The molecule has 4 rings (SSSR count). The molecule has 1 saturated heterocycles. The lowest BCUT2D eigenvalue weighted by Gasteiger charge is -2.18. The quantitative estimate of drug-likeness (QED) is 0.678. The number of carbonyl (C=O) groups excluding carboxylic acids is 2. The van der Waals surface area contributed by atoms with Crippen LogP contribution < -0.4 is 15.4 Å². The second-order valence-corrected chi connectivity index (χ2v) is 7.40.